The summed E-state index contributed by atoms with van der Waals surface area (Å²) >= 11 is 0. The van der Waals surface area contributed by atoms with E-state index in [0.29, 0.717) is 24.4 Å². The standard InChI is InChI=1S/C21H21N3O4/c1-27-14-6-7-16-15(10-14)13(12-23-16)8-9-22-20(25)11-19-21(26)24-17-4-2-3-5-18(17)28-19/h2-7,10,12,19,23H,8-9,11H2,1H3,(H,22,25)(H,24,26). The van der Waals surface area contributed by atoms with Crippen LogP contribution in [-0.4, -0.2) is 36.6 Å². The van der Waals surface area contributed by atoms with Crippen molar-refractivity contribution in [2.24, 2.45) is 0 Å². The second-order valence-electron chi connectivity index (χ2n) is 6.62. The molecule has 0 aliphatic carbocycles. The molecule has 2 aromatic carbocycles. The first kappa shape index (κ1) is 17.9. The Morgan fingerprint density at radius 3 is 2.96 bits per heavy atom. The van der Waals surface area contributed by atoms with Crippen LogP contribution in [0, 0.1) is 0 Å². The molecule has 144 valence electrons. The molecule has 1 unspecified atom stereocenters. The minimum atomic E-state index is -0.827. The highest BCUT2D eigenvalue weighted by atomic mass is 16.5. The number of hydrogen-bond acceptors (Lipinski definition) is 4. The van der Waals surface area contributed by atoms with Gasteiger partial charge in [0.1, 0.15) is 11.5 Å². The van der Waals surface area contributed by atoms with Crippen molar-refractivity contribution in [2.45, 2.75) is 18.9 Å². The third-order valence-electron chi connectivity index (χ3n) is 4.77. The van der Waals surface area contributed by atoms with E-state index in [2.05, 4.69) is 15.6 Å². The maximum atomic E-state index is 12.3. The van der Waals surface area contributed by atoms with Gasteiger partial charge in [0.2, 0.25) is 5.91 Å². The molecule has 0 bridgehead atoms. The molecule has 2 amide bonds. The summed E-state index contributed by atoms with van der Waals surface area (Å²) in [6.07, 6.45) is 1.75. The molecular weight excluding hydrogens is 358 g/mol. The van der Waals surface area contributed by atoms with Crippen LogP contribution >= 0.6 is 0 Å². The average Bonchev–Trinajstić information content (AvgIpc) is 3.10. The van der Waals surface area contributed by atoms with Crippen molar-refractivity contribution < 1.29 is 19.1 Å². The zero-order valence-electron chi connectivity index (χ0n) is 15.5. The summed E-state index contributed by atoms with van der Waals surface area (Å²) in [6.45, 7) is 0.466. The van der Waals surface area contributed by atoms with Crippen LogP contribution in [0.2, 0.25) is 0 Å². The quantitative estimate of drug-likeness (QED) is 0.614. The number of hydrogen-bond donors (Lipinski definition) is 3. The lowest BCUT2D eigenvalue weighted by Crippen LogP contribution is -2.41. The summed E-state index contributed by atoms with van der Waals surface area (Å²) < 4.78 is 10.9. The maximum absolute atomic E-state index is 12.3. The predicted molar refractivity (Wildman–Crippen MR) is 106 cm³/mol. The zero-order valence-corrected chi connectivity index (χ0v) is 15.5. The van der Waals surface area contributed by atoms with E-state index < -0.39 is 6.10 Å². The normalized spacial score (nSPS) is 15.5. The Morgan fingerprint density at radius 2 is 2.11 bits per heavy atom. The number of benzene rings is 2. The zero-order chi connectivity index (χ0) is 19.5. The number of methoxy groups -OCH3 is 1. The smallest absolute Gasteiger partial charge is 0.266 e. The van der Waals surface area contributed by atoms with Gasteiger partial charge in [0.15, 0.2) is 6.10 Å². The largest absolute Gasteiger partial charge is 0.497 e. The monoisotopic (exact) mass is 379 g/mol. The van der Waals surface area contributed by atoms with Crippen molar-refractivity contribution in [1.82, 2.24) is 10.3 Å². The molecule has 1 aliphatic heterocycles. The molecule has 0 spiro atoms. The Kier molecular flexibility index (Phi) is 4.89. The van der Waals surface area contributed by atoms with Crippen LogP contribution in [0.25, 0.3) is 10.9 Å². The summed E-state index contributed by atoms with van der Waals surface area (Å²) in [4.78, 5) is 27.6. The number of H-pyrrole nitrogens is 1. The lowest BCUT2D eigenvalue weighted by molar-refractivity contribution is -0.130. The molecule has 3 aromatic rings. The molecule has 0 fully saturated rings. The number of ether oxygens (including phenoxy) is 2. The van der Waals surface area contributed by atoms with Crippen molar-refractivity contribution in [1.29, 1.82) is 0 Å². The Balaban J connectivity index is 1.32. The lowest BCUT2D eigenvalue weighted by Gasteiger charge is -2.25. The number of carbonyl (C=O) groups is 2. The van der Waals surface area contributed by atoms with Gasteiger partial charge in [0.05, 0.1) is 19.2 Å². The molecule has 1 aliphatic rings. The number of fused-ring (bicyclic) bond motifs is 2. The van der Waals surface area contributed by atoms with E-state index in [0.717, 1.165) is 22.2 Å². The van der Waals surface area contributed by atoms with Crippen molar-refractivity contribution in [2.75, 3.05) is 19.0 Å². The van der Waals surface area contributed by atoms with E-state index in [1.54, 1.807) is 19.2 Å². The highest BCUT2D eigenvalue weighted by Gasteiger charge is 2.29. The van der Waals surface area contributed by atoms with Gasteiger partial charge in [0, 0.05) is 23.6 Å². The summed E-state index contributed by atoms with van der Waals surface area (Å²) in [6, 6.07) is 13.0. The highest BCUT2D eigenvalue weighted by Crippen LogP contribution is 2.29. The van der Waals surface area contributed by atoms with E-state index in [-0.39, 0.29) is 18.2 Å². The first-order valence-electron chi connectivity index (χ1n) is 9.11. The number of anilines is 1. The number of rotatable bonds is 6. The topological polar surface area (TPSA) is 92.4 Å². The molecule has 0 saturated carbocycles. The summed E-state index contributed by atoms with van der Waals surface area (Å²) in [7, 11) is 1.63. The van der Waals surface area contributed by atoms with E-state index in [1.807, 2.05) is 36.5 Å². The second kappa shape index (κ2) is 7.64. The third-order valence-corrected chi connectivity index (χ3v) is 4.77. The van der Waals surface area contributed by atoms with Crippen LogP contribution in [0.4, 0.5) is 5.69 Å². The molecule has 0 saturated heterocycles. The number of amides is 2. The van der Waals surface area contributed by atoms with Gasteiger partial charge < -0.3 is 25.1 Å². The Bertz CT molecular complexity index is 1030. The Morgan fingerprint density at radius 1 is 1.25 bits per heavy atom. The van der Waals surface area contributed by atoms with Crippen LogP contribution in [0.5, 0.6) is 11.5 Å². The summed E-state index contributed by atoms with van der Waals surface area (Å²) in [5.74, 6) is 0.834. The first-order valence-corrected chi connectivity index (χ1v) is 9.11. The van der Waals surface area contributed by atoms with Gasteiger partial charge in [-0.05, 0) is 42.3 Å². The number of carbonyl (C=O) groups excluding carboxylic acids is 2. The predicted octanol–water partition coefficient (Wildman–Crippen LogP) is 2.62. The van der Waals surface area contributed by atoms with Gasteiger partial charge in [0.25, 0.3) is 5.91 Å². The first-order chi connectivity index (χ1) is 13.6. The van der Waals surface area contributed by atoms with Crippen molar-refractivity contribution in [3.8, 4) is 11.5 Å². The average molecular weight is 379 g/mol. The molecule has 1 atom stereocenters. The van der Waals surface area contributed by atoms with E-state index in [9.17, 15) is 9.59 Å². The summed E-state index contributed by atoms with van der Waals surface area (Å²) in [5, 5.41) is 6.70. The lowest BCUT2D eigenvalue weighted by atomic mass is 10.1. The molecule has 4 rings (SSSR count). The van der Waals surface area contributed by atoms with Gasteiger partial charge in [-0.2, -0.15) is 0 Å². The van der Waals surface area contributed by atoms with Crippen molar-refractivity contribution in [3.63, 3.8) is 0 Å². The number of para-hydroxylation sites is 2. The van der Waals surface area contributed by atoms with Crippen LogP contribution < -0.4 is 20.1 Å². The minimum Gasteiger partial charge on any atom is -0.497 e. The van der Waals surface area contributed by atoms with Crippen LogP contribution in [-0.2, 0) is 16.0 Å². The molecule has 3 N–H and O–H groups in total. The van der Waals surface area contributed by atoms with Gasteiger partial charge >= 0.3 is 0 Å². The van der Waals surface area contributed by atoms with Gasteiger partial charge in [-0.3, -0.25) is 9.59 Å². The molecule has 0 radical (unpaired) electrons. The van der Waals surface area contributed by atoms with E-state index >= 15 is 0 Å². The van der Waals surface area contributed by atoms with Gasteiger partial charge in [-0.15, -0.1) is 0 Å². The molecule has 7 nitrogen and oxygen atoms in total. The maximum Gasteiger partial charge on any atom is 0.266 e. The van der Waals surface area contributed by atoms with Crippen LogP contribution in [0.3, 0.4) is 0 Å². The van der Waals surface area contributed by atoms with Crippen LogP contribution in [0.15, 0.2) is 48.7 Å². The van der Waals surface area contributed by atoms with E-state index in [4.69, 9.17) is 9.47 Å². The van der Waals surface area contributed by atoms with Crippen molar-refractivity contribution >= 4 is 28.4 Å². The van der Waals surface area contributed by atoms with Gasteiger partial charge in [-0.1, -0.05) is 12.1 Å². The third kappa shape index (κ3) is 3.64. The molecule has 28 heavy (non-hydrogen) atoms. The fourth-order valence-corrected chi connectivity index (χ4v) is 3.30. The molecule has 2 heterocycles. The SMILES string of the molecule is COc1ccc2[nH]cc(CCNC(=O)CC3Oc4ccccc4NC3=O)c2c1. The van der Waals surface area contributed by atoms with Crippen molar-refractivity contribution in [3.05, 3.63) is 54.2 Å². The second-order valence-corrected chi connectivity index (χ2v) is 6.62. The van der Waals surface area contributed by atoms with Crippen LogP contribution in [0.1, 0.15) is 12.0 Å². The number of aromatic amines is 1. The highest BCUT2D eigenvalue weighted by molar-refractivity contribution is 5.99. The summed E-state index contributed by atoms with van der Waals surface area (Å²) in [5.41, 5.74) is 2.74. The minimum absolute atomic E-state index is 0.0259. The van der Waals surface area contributed by atoms with E-state index in [1.165, 1.54) is 0 Å². The number of nitrogens with one attached hydrogen (secondary N) is 3. The fraction of sp³-hybridized carbons (Fsp3) is 0.238. The molecule has 7 heteroatoms. The Hall–Kier alpha value is -3.48. The molecular formula is C21H21N3O4. The Labute approximate surface area is 162 Å². The van der Waals surface area contributed by atoms with Gasteiger partial charge in [-0.25, -0.2) is 0 Å². The molecule has 1 aromatic heterocycles. The number of aromatic nitrogens is 1. The fourth-order valence-electron chi connectivity index (χ4n) is 3.30.